The first-order valence-electron chi connectivity index (χ1n) is 7.30. The van der Waals surface area contributed by atoms with Crippen LogP contribution in [0.3, 0.4) is 0 Å². The van der Waals surface area contributed by atoms with Crippen molar-refractivity contribution in [2.75, 3.05) is 19.0 Å². The van der Waals surface area contributed by atoms with Gasteiger partial charge in [0.2, 0.25) is 5.13 Å². The maximum absolute atomic E-state index is 12.0. The quantitative estimate of drug-likeness (QED) is 0.558. The number of methoxy groups -OCH3 is 1. The van der Waals surface area contributed by atoms with E-state index < -0.39 is 0 Å². The predicted molar refractivity (Wildman–Crippen MR) is 105 cm³/mol. The van der Waals surface area contributed by atoms with Crippen LogP contribution in [0, 0.1) is 3.57 Å². The van der Waals surface area contributed by atoms with Gasteiger partial charge in [-0.15, -0.1) is 10.2 Å². The number of benzene rings is 2. The number of ether oxygens (including phenoxy) is 2. The van der Waals surface area contributed by atoms with Crippen molar-refractivity contribution in [3.8, 4) is 22.1 Å². The highest BCUT2D eigenvalue weighted by Gasteiger charge is 2.10. The van der Waals surface area contributed by atoms with Crippen molar-refractivity contribution in [2.24, 2.45) is 0 Å². The van der Waals surface area contributed by atoms with Crippen molar-refractivity contribution in [3.63, 3.8) is 0 Å². The first-order chi connectivity index (χ1) is 12.1. The van der Waals surface area contributed by atoms with E-state index in [-0.39, 0.29) is 12.5 Å². The van der Waals surface area contributed by atoms with E-state index in [1.165, 1.54) is 11.3 Å². The molecule has 0 saturated heterocycles. The SMILES string of the molecule is COc1ccc(-c2nnc(NC(=O)COc3ccc(I)cc3)s2)cc1. The molecule has 1 amide bonds. The number of aromatic nitrogens is 2. The standard InChI is InChI=1S/C17H14IN3O3S/c1-23-13-6-2-11(3-7-13)16-20-21-17(25-16)19-15(22)10-24-14-8-4-12(18)5-9-14/h2-9H,10H2,1H3,(H,19,21,22). The molecule has 0 fully saturated rings. The Kier molecular flexibility index (Phi) is 5.82. The van der Waals surface area contributed by atoms with Crippen LogP contribution < -0.4 is 14.8 Å². The van der Waals surface area contributed by atoms with Crippen LogP contribution in [0.2, 0.25) is 0 Å². The highest BCUT2D eigenvalue weighted by atomic mass is 127. The fourth-order valence-corrected chi connectivity index (χ4v) is 3.08. The van der Waals surface area contributed by atoms with Crippen molar-refractivity contribution in [2.45, 2.75) is 0 Å². The Morgan fingerprint density at radius 3 is 2.44 bits per heavy atom. The Labute approximate surface area is 162 Å². The summed E-state index contributed by atoms with van der Waals surface area (Å²) in [4.78, 5) is 12.0. The molecule has 2 aromatic carbocycles. The Morgan fingerprint density at radius 1 is 1.08 bits per heavy atom. The maximum atomic E-state index is 12.0. The second-order valence-corrected chi connectivity index (χ2v) is 7.15. The number of rotatable bonds is 6. The van der Waals surface area contributed by atoms with Gasteiger partial charge in [0.1, 0.15) is 16.5 Å². The smallest absolute Gasteiger partial charge is 0.264 e. The largest absolute Gasteiger partial charge is 0.497 e. The van der Waals surface area contributed by atoms with Crippen LogP contribution in [0.5, 0.6) is 11.5 Å². The molecule has 8 heteroatoms. The second kappa shape index (κ2) is 8.26. The molecule has 0 aliphatic carbocycles. The molecule has 1 aromatic heterocycles. The molecule has 6 nitrogen and oxygen atoms in total. The first-order valence-corrected chi connectivity index (χ1v) is 9.20. The molecule has 25 heavy (non-hydrogen) atoms. The molecule has 1 heterocycles. The fourth-order valence-electron chi connectivity index (χ4n) is 1.96. The molecule has 0 aliphatic rings. The third kappa shape index (κ3) is 4.89. The summed E-state index contributed by atoms with van der Waals surface area (Å²) in [5.41, 5.74) is 0.911. The molecule has 3 rings (SSSR count). The molecule has 0 aliphatic heterocycles. The molecule has 0 saturated carbocycles. The molecule has 0 spiro atoms. The number of hydrogen-bond acceptors (Lipinski definition) is 6. The van der Waals surface area contributed by atoms with E-state index >= 15 is 0 Å². The Hall–Kier alpha value is -2.20. The van der Waals surface area contributed by atoms with Gasteiger partial charge in [-0.05, 0) is 71.1 Å². The van der Waals surface area contributed by atoms with Crippen LogP contribution in [-0.4, -0.2) is 29.8 Å². The van der Waals surface area contributed by atoms with Crippen molar-refractivity contribution < 1.29 is 14.3 Å². The molecule has 3 aromatic rings. The maximum Gasteiger partial charge on any atom is 0.264 e. The van der Waals surface area contributed by atoms with E-state index in [0.29, 0.717) is 10.9 Å². The minimum absolute atomic E-state index is 0.0853. The number of hydrogen-bond donors (Lipinski definition) is 1. The highest BCUT2D eigenvalue weighted by Crippen LogP contribution is 2.27. The van der Waals surface area contributed by atoms with Gasteiger partial charge in [0.25, 0.3) is 5.91 Å². The molecule has 0 unspecified atom stereocenters. The monoisotopic (exact) mass is 467 g/mol. The number of nitrogens with one attached hydrogen (secondary N) is 1. The number of carbonyl (C=O) groups is 1. The van der Waals surface area contributed by atoms with E-state index in [9.17, 15) is 4.79 Å². The van der Waals surface area contributed by atoms with Gasteiger partial charge in [-0.1, -0.05) is 11.3 Å². The molecule has 1 N–H and O–H groups in total. The van der Waals surface area contributed by atoms with Crippen LogP contribution in [0.25, 0.3) is 10.6 Å². The van der Waals surface area contributed by atoms with Crippen LogP contribution in [0.1, 0.15) is 0 Å². The molecule has 0 atom stereocenters. The topological polar surface area (TPSA) is 73.3 Å². The lowest BCUT2D eigenvalue weighted by molar-refractivity contribution is -0.118. The Balaban J connectivity index is 1.56. The van der Waals surface area contributed by atoms with Gasteiger partial charge in [-0.3, -0.25) is 10.1 Å². The van der Waals surface area contributed by atoms with Crippen LogP contribution in [0.15, 0.2) is 48.5 Å². The van der Waals surface area contributed by atoms with Gasteiger partial charge < -0.3 is 9.47 Å². The minimum Gasteiger partial charge on any atom is -0.497 e. The van der Waals surface area contributed by atoms with E-state index in [2.05, 4.69) is 38.1 Å². The van der Waals surface area contributed by atoms with E-state index in [1.807, 2.05) is 48.5 Å². The number of anilines is 1. The van der Waals surface area contributed by atoms with Gasteiger partial charge in [0, 0.05) is 9.13 Å². The zero-order chi connectivity index (χ0) is 17.6. The molecule has 0 radical (unpaired) electrons. The lowest BCUT2D eigenvalue weighted by Gasteiger charge is -2.05. The normalized spacial score (nSPS) is 10.3. The highest BCUT2D eigenvalue weighted by molar-refractivity contribution is 14.1. The number of halogens is 1. The van der Waals surface area contributed by atoms with E-state index in [1.54, 1.807) is 7.11 Å². The number of amides is 1. The lowest BCUT2D eigenvalue weighted by Crippen LogP contribution is -2.20. The predicted octanol–water partition coefficient (Wildman–Crippen LogP) is 3.84. The molecule has 128 valence electrons. The summed E-state index contributed by atoms with van der Waals surface area (Å²) in [5, 5.41) is 11.9. The molecule has 0 bridgehead atoms. The Bertz CT molecular complexity index is 850. The van der Waals surface area contributed by atoms with Crippen LogP contribution >= 0.6 is 33.9 Å². The summed E-state index contributed by atoms with van der Waals surface area (Å²) in [5.74, 6) is 1.14. The first kappa shape index (κ1) is 17.6. The molecular formula is C17H14IN3O3S. The van der Waals surface area contributed by atoms with Gasteiger partial charge in [-0.2, -0.15) is 0 Å². The zero-order valence-corrected chi connectivity index (χ0v) is 16.2. The van der Waals surface area contributed by atoms with Crippen molar-refractivity contribution in [1.29, 1.82) is 0 Å². The van der Waals surface area contributed by atoms with E-state index in [0.717, 1.165) is 19.9 Å². The number of nitrogens with zero attached hydrogens (tertiary/aromatic N) is 2. The van der Waals surface area contributed by atoms with Gasteiger partial charge in [0.15, 0.2) is 6.61 Å². The fraction of sp³-hybridized carbons (Fsp3) is 0.118. The number of carbonyl (C=O) groups excluding carboxylic acids is 1. The van der Waals surface area contributed by atoms with Crippen LogP contribution in [0.4, 0.5) is 5.13 Å². The zero-order valence-electron chi connectivity index (χ0n) is 13.2. The Morgan fingerprint density at radius 2 is 1.76 bits per heavy atom. The minimum atomic E-state index is -0.281. The summed E-state index contributed by atoms with van der Waals surface area (Å²) in [7, 11) is 1.62. The van der Waals surface area contributed by atoms with Crippen molar-refractivity contribution in [3.05, 3.63) is 52.1 Å². The summed E-state index contributed by atoms with van der Waals surface area (Å²) >= 11 is 3.51. The summed E-state index contributed by atoms with van der Waals surface area (Å²) in [6, 6.07) is 15.0. The van der Waals surface area contributed by atoms with Crippen LogP contribution in [-0.2, 0) is 4.79 Å². The second-order valence-electron chi connectivity index (χ2n) is 4.93. The summed E-state index contributed by atoms with van der Waals surface area (Å²) in [6.45, 7) is -0.0853. The van der Waals surface area contributed by atoms with Crippen molar-refractivity contribution >= 4 is 45.0 Å². The van der Waals surface area contributed by atoms with Gasteiger partial charge in [0.05, 0.1) is 7.11 Å². The third-order valence-electron chi connectivity index (χ3n) is 3.19. The van der Waals surface area contributed by atoms with Crippen molar-refractivity contribution in [1.82, 2.24) is 10.2 Å². The van der Waals surface area contributed by atoms with Gasteiger partial charge in [-0.25, -0.2) is 0 Å². The summed E-state index contributed by atoms with van der Waals surface area (Å²) in [6.07, 6.45) is 0. The average molecular weight is 467 g/mol. The van der Waals surface area contributed by atoms with E-state index in [4.69, 9.17) is 9.47 Å². The lowest BCUT2D eigenvalue weighted by atomic mass is 10.2. The third-order valence-corrected chi connectivity index (χ3v) is 4.80. The molecular weight excluding hydrogens is 453 g/mol. The summed E-state index contributed by atoms with van der Waals surface area (Å²) < 4.78 is 11.7. The average Bonchev–Trinajstić information content (AvgIpc) is 3.10. The van der Waals surface area contributed by atoms with Gasteiger partial charge >= 0.3 is 0 Å².